The van der Waals surface area contributed by atoms with Crippen LogP contribution in [-0.4, -0.2) is 26.5 Å². The van der Waals surface area contributed by atoms with E-state index in [1.165, 1.54) is 0 Å². The second kappa shape index (κ2) is 4.83. The van der Waals surface area contributed by atoms with Gasteiger partial charge < -0.3 is 9.67 Å². The number of para-hydroxylation sites is 2. The first kappa shape index (κ1) is 14.6. The van der Waals surface area contributed by atoms with Crippen molar-refractivity contribution in [2.45, 2.75) is 27.3 Å². The van der Waals surface area contributed by atoms with Gasteiger partial charge in [0, 0.05) is 6.54 Å². The zero-order chi connectivity index (χ0) is 16.1. The summed E-state index contributed by atoms with van der Waals surface area (Å²) in [5.74, 6) is -1.88. The maximum atomic E-state index is 12.4. The molecule has 0 aliphatic heterocycles. The van der Waals surface area contributed by atoms with Gasteiger partial charge >= 0.3 is 5.97 Å². The van der Waals surface area contributed by atoms with Gasteiger partial charge in [-0.1, -0.05) is 26.0 Å². The van der Waals surface area contributed by atoms with Crippen LogP contribution in [-0.2, 0) is 16.1 Å². The number of rotatable bonds is 4. The normalized spacial score (nSPS) is 22.5. The van der Waals surface area contributed by atoms with Gasteiger partial charge in [-0.15, -0.1) is 0 Å². The third-order valence-corrected chi connectivity index (χ3v) is 4.58. The summed E-state index contributed by atoms with van der Waals surface area (Å²) in [7, 11) is 0. The summed E-state index contributed by atoms with van der Waals surface area (Å²) >= 11 is 0. The van der Waals surface area contributed by atoms with Crippen molar-refractivity contribution in [3.8, 4) is 0 Å². The van der Waals surface area contributed by atoms with Crippen LogP contribution in [0.15, 0.2) is 24.3 Å². The molecule has 2 aromatic rings. The van der Waals surface area contributed by atoms with Crippen molar-refractivity contribution in [2.24, 2.45) is 17.3 Å². The number of hydrogen-bond acceptors (Lipinski definition) is 3. The molecule has 0 bridgehead atoms. The Morgan fingerprint density at radius 2 is 2.00 bits per heavy atom. The molecule has 0 unspecified atom stereocenters. The number of carbonyl (C=O) groups is 2. The third-order valence-electron chi connectivity index (χ3n) is 4.58. The van der Waals surface area contributed by atoms with E-state index in [4.69, 9.17) is 0 Å². The van der Waals surface area contributed by atoms with E-state index >= 15 is 0 Å². The maximum Gasteiger partial charge on any atom is 0.307 e. The average Bonchev–Trinajstić information content (AvgIpc) is 2.87. The summed E-state index contributed by atoms with van der Waals surface area (Å²) < 4.78 is 1.92. The number of imidazole rings is 1. The maximum absolute atomic E-state index is 12.4. The molecule has 0 radical (unpaired) electrons. The Kier molecular flexibility index (Phi) is 3.20. The molecule has 6 nitrogen and oxygen atoms in total. The Morgan fingerprint density at radius 3 is 2.59 bits per heavy atom. The highest BCUT2D eigenvalue weighted by Gasteiger charge is 2.66. The number of amides is 1. The van der Waals surface area contributed by atoms with Gasteiger partial charge in [0.1, 0.15) is 0 Å². The van der Waals surface area contributed by atoms with Crippen molar-refractivity contribution in [3.63, 3.8) is 0 Å². The monoisotopic (exact) mass is 301 g/mol. The molecule has 2 atom stereocenters. The van der Waals surface area contributed by atoms with E-state index in [9.17, 15) is 14.7 Å². The summed E-state index contributed by atoms with van der Waals surface area (Å²) in [6.07, 6.45) is 0. The summed E-state index contributed by atoms with van der Waals surface area (Å²) in [5.41, 5.74) is 1.24. The molecule has 22 heavy (non-hydrogen) atoms. The first-order valence-electron chi connectivity index (χ1n) is 7.37. The molecule has 2 N–H and O–H groups in total. The summed E-state index contributed by atoms with van der Waals surface area (Å²) in [4.78, 5) is 28.1. The van der Waals surface area contributed by atoms with Crippen molar-refractivity contribution in [1.29, 1.82) is 0 Å². The number of benzene rings is 1. The molecule has 6 heteroatoms. The van der Waals surface area contributed by atoms with Gasteiger partial charge in [-0.25, -0.2) is 4.98 Å². The standard InChI is InChI=1S/C16H19N3O3/c1-4-19-10-8-6-5-7-9(10)17-15(19)18-13(20)11-12(14(21)22)16(11,2)3/h5-8,11-12H,4H2,1-3H3,(H,21,22)(H,17,18,20)/t11-,12+/m0/s1. The molecule has 0 spiro atoms. The van der Waals surface area contributed by atoms with Gasteiger partial charge in [0.2, 0.25) is 11.9 Å². The van der Waals surface area contributed by atoms with Crippen LogP contribution in [0.3, 0.4) is 0 Å². The number of nitrogens with zero attached hydrogens (tertiary/aromatic N) is 2. The largest absolute Gasteiger partial charge is 0.481 e. The predicted octanol–water partition coefficient (Wildman–Crippen LogP) is 2.35. The Labute approximate surface area is 128 Å². The van der Waals surface area contributed by atoms with E-state index in [1.54, 1.807) is 13.8 Å². The predicted molar refractivity (Wildman–Crippen MR) is 82.4 cm³/mol. The molecular weight excluding hydrogens is 282 g/mol. The zero-order valence-electron chi connectivity index (χ0n) is 12.8. The Hall–Kier alpha value is -2.37. The molecule has 1 aromatic heterocycles. The second-order valence-electron chi connectivity index (χ2n) is 6.27. The molecular formula is C16H19N3O3. The van der Waals surface area contributed by atoms with Crippen molar-refractivity contribution in [1.82, 2.24) is 9.55 Å². The van der Waals surface area contributed by atoms with Crippen molar-refractivity contribution >= 4 is 28.9 Å². The highest BCUT2D eigenvalue weighted by molar-refractivity contribution is 5.99. The van der Waals surface area contributed by atoms with Crippen molar-refractivity contribution < 1.29 is 14.7 Å². The van der Waals surface area contributed by atoms with Crippen LogP contribution in [0, 0.1) is 17.3 Å². The average molecular weight is 301 g/mol. The smallest absolute Gasteiger partial charge is 0.307 e. The minimum Gasteiger partial charge on any atom is -0.481 e. The minimum atomic E-state index is -0.922. The van der Waals surface area contributed by atoms with E-state index < -0.39 is 23.2 Å². The van der Waals surface area contributed by atoms with Crippen LogP contribution >= 0.6 is 0 Å². The lowest BCUT2D eigenvalue weighted by atomic mass is 10.1. The number of anilines is 1. The van der Waals surface area contributed by atoms with Gasteiger partial charge in [-0.2, -0.15) is 0 Å². The van der Waals surface area contributed by atoms with Crippen LogP contribution in [0.2, 0.25) is 0 Å². The van der Waals surface area contributed by atoms with Crippen LogP contribution < -0.4 is 5.32 Å². The number of aliphatic carboxylic acids is 1. The molecule has 1 saturated carbocycles. The SMILES string of the molecule is CCn1c(NC(=O)[C@@H]2[C@H](C(=O)O)C2(C)C)nc2ccccc21. The minimum absolute atomic E-state index is 0.276. The molecule has 116 valence electrons. The Bertz CT molecular complexity index is 763. The van der Waals surface area contributed by atoms with Crippen molar-refractivity contribution in [3.05, 3.63) is 24.3 Å². The second-order valence-corrected chi connectivity index (χ2v) is 6.27. The lowest BCUT2D eigenvalue weighted by Gasteiger charge is -2.08. The highest BCUT2D eigenvalue weighted by atomic mass is 16.4. The number of aryl methyl sites for hydroxylation is 1. The first-order chi connectivity index (χ1) is 10.4. The molecule has 0 saturated heterocycles. The number of carboxylic acids is 1. The highest BCUT2D eigenvalue weighted by Crippen LogP contribution is 2.58. The van der Waals surface area contributed by atoms with Crippen LogP contribution in [0.5, 0.6) is 0 Å². The lowest BCUT2D eigenvalue weighted by molar-refractivity contribution is -0.140. The van der Waals surface area contributed by atoms with Gasteiger partial charge in [0.15, 0.2) is 0 Å². The van der Waals surface area contributed by atoms with Crippen LogP contribution in [0.25, 0.3) is 11.0 Å². The summed E-state index contributed by atoms with van der Waals surface area (Å²) in [6, 6.07) is 7.65. The third kappa shape index (κ3) is 2.06. The molecule has 1 aliphatic rings. The van der Waals surface area contributed by atoms with Gasteiger partial charge in [-0.3, -0.25) is 14.9 Å². The number of fused-ring (bicyclic) bond motifs is 1. The molecule has 1 aliphatic carbocycles. The topological polar surface area (TPSA) is 84.2 Å². The summed E-state index contributed by atoms with van der Waals surface area (Å²) in [5, 5.41) is 12.0. The fourth-order valence-corrected chi connectivity index (χ4v) is 3.27. The molecule has 1 heterocycles. The zero-order valence-corrected chi connectivity index (χ0v) is 12.8. The number of aromatic nitrogens is 2. The molecule has 1 aromatic carbocycles. The number of nitrogens with one attached hydrogen (secondary N) is 1. The number of carboxylic acid groups (broad SMARTS) is 1. The number of hydrogen-bond donors (Lipinski definition) is 2. The molecule has 1 amide bonds. The van der Waals surface area contributed by atoms with Gasteiger partial charge in [0.05, 0.1) is 22.9 Å². The van der Waals surface area contributed by atoms with E-state index in [0.29, 0.717) is 12.5 Å². The van der Waals surface area contributed by atoms with Gasteiger partial charge in [-0.05, 0) is 24.5 Å². The molecule has 3 rings (SSSR count). The first-order valence-corrected chi connectivity index (χ1v) is 7.37. The van der Waals surface area contributed by atoms with Crippen molar-refractivity contribution in [2.75, 3.05) is 5.32 Å². The van der Waals surface area contributed by atoms with Crippen LogP contribution in [0.1, 0.15) is 20.8 Å². The lowest BCUT2D eigenvalue weighted by Crippen LogP contribution is -2.20. The quantitative estimate of drug-likeness (QED) is 0.908. The number of carbonyl (C=O) groups excluding carboxylic acids is 1. The van der Waals surface area contributed by atoms with Crippen LogP contribution in [0.4, 0.5) is 5.95 Å². The Balaban J connectivity index is 1.88. The fraction of sp³-hybridized carbons (Fsp3) is 0.438. The Morgan fingerprint density at radius 1 is 1.32 bits per heavy atom. The van der Waals surface area contributed by atoms with E-state index in [-0.39, 0.29) is 5.91 Å². The van der Waals surface area contributed by atoms with Gasteiger partial charge in [0.25, 0.3) is 0 Å². The fourth-order valence-electron chi connectivity index (χ4n) is 3.27. The van der Waals surface area contributed by atoms with E-state index in [1.807, 2.05) is 35.8 Å². The molecule has 1 fully saturated rings. The van der Waals surface area contributed by atoms with E-state index in [0.717, 1.165) is 11.0 Å². The summed E-state index contributed by atoms with van der Waals surface area (Å²) in [6.45, 7) is 6.26. The van der Waals surface area contributed by atoms with E-state index in [2.05, 4.69) is 10.3 Å².